The van der Waals surface area contributed by atoms with Gasteiger partial charge in [0.25, 0.3) is 0 Å². The molecule has 0 spiro atoms. The Labute approximate surface area is 122 Å². The first-order chi connectivity index (χ1) is 9.04. The molecule has 0 radical (unpaired) electrons. The van der Waals surface area contributed by atoms with Crippen LogP contribution in [0.2, 0.25) is 10.0 Å². The zero-order valence-corrected chi connectivity index (χ0v) is 12.1. The fourth-order valence-corrected chi connectivity index (χ4v) is 2.46. The molecule has 2 N–H and O–H groups in total. The predicted octanol–water partition coefficient (Wildman–Crippen LogP) is 1.62. The van der Waals surface area contributed by atoms with E-state index in [1.165, 1.54) is 6.20 Å². The minimum atomic E-state index is -0.120. The van der Waals surface area contributed by atoms with Crippen LogP contribution in [0.3, 0.4) is 0 Å². The number of nitrogens with one attached hydrogen (secondary N) is 2. The molecule has 1 atom stereocenters. The molecule has 2 rings (SSSR count). The number of hydrogen-bond donors (Lipinski definition) is 2. The van der Waals surface area contributed by atoms with Gasteiger partial charge in [-0.3, -0.25) is 9.69 Å². The fraction of sp³-hybridized carbons (Fsp3) is 0.500. The minimum Gasteiger partial charge on any atom is -0.312 e. The van der Waals surface area contributed by atoms with Crippen molar-refractivity contribution >= 4 is 34.9 Å². The van der Waals surface area contributed by atoms with Crippen molar-refractivity contribution < 1.29 is 4.79 Å². The highest BCUT2D eigenvalue weighted by Crippen LogP contribution is 2.22. The average molecular weight is 303 g/mol. The number of amides is 1. The molecule has 1 aliphatic heterocycles. The summed E-state index contributed by atoms with van der Waals surface area (Å²) >= 11 is 11.7. The monoisotopic (exact) mass is 302 g/mol. The Bertz CT molecular complexity index is 469. The quantitative estimate of drug-likeness (QED) is 0.891. The molecule has 1 aromatic heterocycles. The average Bonchev–Trinajstić information content (AvgIpc) is 2.33. The van der Waals surface area contributed by atoms with Crippen LogP contribution in [-0.2, 0) is 4.79 Å². The first-order valence-corrected chi connectivity index (χ1v) is 6.87. The molecule has 7 heteroatoms. The van der Waals surface area contributed by atoms with Gasteiger partial charge in [0, 0.05) is 31.9 Å². The summed E-state index contributed by atoms with van der Waals surface area (Å²) in [6.07, 6.45) is 1.45. The zero-order valence-electron chi connectivity index (χ0n) is 10.6. The maximum atomic E-state index is 11.9. The summed E-state index contributed by atoms with van der Waals surface area (Å²) in [6, 6.07) is 1.96. The van der Waals surface area contributed by atoms with Crippen molar-refractivity contribution in [2.24, 2.45) is 0 Å². The van der Waals surface area contributed by atoms with Crippen LogP contribution in [0.4, 0.5) is 5.82 Å². The van der Waals surface area contributed by atoms with Crippen LogP contribution in [0.15, 0.2) is 12.3 Å². The third kappa shape index (κ3) is 4.31. The number of halogens is 2. The van der Waals surface area contributed by atoms with Gasteiger partial charge in [0.2, 0.25) is 5.91 Å². The third-order valence-corrected chi connectivity index (χ3v) is 3.38. The van der Waals surface area contributed by atoms with Gasteiger partial charge in [-0.25, -0.2) is 4.98 Å². The molecule has 19 heavy (non-hydrogen) atoms. The molecule has 0 aliphatic carbocycles. The standard InChI is InChI=1S/C12H16Cl2N4O/c1-8-6-18(3-2-15-8)7-11(19)17-12-10(14)4-9(13)5-16-12/h4-5,8,15H,2-3,6-7H2,1H3,(H,16,17,19). The maximum absolute atomic E-state index is 11.9. The molecule has 1 aromatic rings. The van der Waals surface area contributed by atoms with E-state index >= 15 is 0 Å². The summed E-state index contributed by atoms with van der Waals surface area (Å²) < 4.78 is 0. The maximum Gasteiger partial charge on any atom is 0.239 e. The Hall–Kier alpha value is -0.880. The Balaban J connectivity index is 1.90. The van der Waals surface area contributed by atoms with Crippen LogP contribution < -0.4 is 10.6 Å². The second kappa shape index (κ2) is 6.52. The highest BCUT2D eigenvalue weighted by atomic mass is 35.5. The fourth-order valence-electron chi connectivity index (χ4n) is 2.04. The molecule has 0 aromatic carbocycles. The van der Waals surface area contributed by atoms with Gasteiger partial charge in [-0.2, -0.15) is 0 Å². The number of pyridine rings is 1. The number of carbonyl (C=O) groups excluding carboxylic acids is 1. The van der Waals surface area contributed by atoms with Crippen molar-refractivity contribution in [3.8, 4) is 0 Å². The van der Waals surface area contributed by atoms with Gasteiger partial charge in [0.05, 0.1) is 16.6 Å². The van der Waals surface area contributed by atoms with E-state index in [4.69, 9.17) is 23.2 Å². The molecule has 0 saturated carbocycles. The molecule has 1 fully saturated rings. The highest BCUT2D eigenvalue weighted by Gasteiger charge is 2.18. The smallest absolute Gasteiger partial charge is 0.239 e. The molecule has 2 heterocycles. The van der Waals surface area contributed by atoms with Crippen molar-refractivity contribution in [2.45, 2.75) is 13.0 Å². The van der Waals surface area contributed by atoms with E-state index in [1.807, 2.05) is 0 Å². The number of piperazine rings is 1. The number of hydrogen-bond acceptors (Lipinski definition) is 4. The van der Waals surface area contributed by atoms with Crippen molar-refractivity contribution in [3.63, 3.8) is 0 Å². The summed E-state index contributed by atoms with van der Waals surface area (Å²) in [7, 11) is 0. The molecular formula is C12H16Cl2N4O. The van der Waals surface area contributed by atoms with Gasteiger partial charge in [0.1, 0.15) is 0 Å². The lowest BCUT2D eigenvalue weighted by Gasteiger charge is -2.31. The molecule has 104 valence electrons. The number of carbonyl (C=O) groups is 1. The summed E-state index contributed by atoms with van der Waals surface area (Å²) in [5.41, 5.74) is 0. The van der Waals surface area contributed by atoms with Gasteiger partial charge in [-0.15, -0.1) is 0 Å². The predicted molar refractivity (Wildman–Crippen MR) is 76.8 cm³/mol. The minimum absolute atomic E-state index is 0.120. The van der Waals surface area contributed by atoms with E-state index in [-0.39, 0.29) is 5.91 Å². The molecule has 1 aliphatic rings. The number of rotatable bonds is 3. The van der Waals surface area contributed by atoms with Gasteiger partial charge < -0.3 is 10.6 Å². The van der Waals surface area contributed by atoms with E-state index in [0.717, 1.165) is 19.6 Å². The van der Waals surface area contributed by atoms with Gasteiger partial charge in [0.15, 0.2) is 5.82 Å². The number of nitrogens with zero attached hydrogens (tertiary/aromatic N) is 2. The lowest BCUT2D eigenvalue weighted by molar-refractivity contribution is -0.117. The van der Waals surface area contributed by atoms with Crippen LogP contribution in [-0.4, -0.2) is 48.0 Å². The number of aromatic nitrogens is 1. The summed E-state index contributed by atoms with van der Waals surface area (Å²) in [5, 5.41) is 6.81. The highest BCUT2D eigenvalue weighted by molar-refractivity contribution is 6.36. The van der Waals surface area contributed by atoms with Crippen LogP contribution in [0.5, 0.6) is 0 Å². The zero-order chi connectivity index (χ0) is 13.8. The van der Waals surface area contributed by atoms with Crippen LogP contribution >= 0.6 is 23.2 Å². The molecule has 1 saturated heterocycles. The molecule has 5 nitrogen and oxygen atoms in total. The van der Waals surface area contributed by atoms with Crippen molar-refractivity contribution in [3.05, 3.63) is 22.3 Å². The van der Waals surface area contributed by atoms with Crippen molar-refractivity contribution in [1.29, 1.82) is 0 Å². The molecular weight excluding hydrogens is 287 g/mol. The van der Waals surface area contributed by atoms with E-state index in [1.54, 1.807) is 6.07 Å². The molecule has 1 unspecified atom stereocenters. The van der Waals surface area contributed by atoms with Crippen LogP contribution in [0, 0.1) is 0 Å². The first-order valence-electron chi connectivity index (χ1n) is 6.11. The van der Waals surface area contributed by atoms with Gasteiger partial charge in [-0.1, -0.05) is 23.2 Å². The van der Waals surface area contributed by atoms with Crippen molar-refractivity contribution in [2.75, 3.05) is 31.5 Å². The van der Waals surface area contributed by atoms with E-state index in [2.05, 4.69) is 27.4 Å². The van der Waals surface area contributed by atoms with E-state index in [0.29, 0.717) is 28.4 Å². The van der Waals surface area contributed by atoms with Gasteiger partial charge in [-0.05, 0) is 13.0 Å². The molecule has 1 amide bonds. The Morgan fingerprint density at radius 1 is 1.63 bits per heavy atom. The second-order valence-electron chi connectivity index (χ2n) is 4.62. The summed E-state index contributed by atoms with van der Waals surface area (Å²) in [4.78, 5) is 18.0. The summed E-state index contributed by atoms with van der Waals surface area (Å²) in [6.45, 7) is 5.05. The number of anilines is 1. The largest absolute Gasteiger partial charge is 0.312 e. The van der Waals surface area contributed by atoms with E-state index < -0.39 is 0 Å². The second-order valence-corrected chi connectivity index (χ2v) is 5.47. The van der Waals surface area contributed by atoms with Gasteiger partial charge >= 0.3 is 0 Å². The lowest BCUT2D eigenvalue weighted by Crippen LogP contribution is -2.51. The van der Waals surface area contributed by atoms with E-state index in [9.17, 15) is 4.79 Å². The Kier molecular flexibility index (Phi) is 4.99. The topological polar surface area (TPSA) is 57.3 Å². The normalized spacial score (nSPS) is 20.3. The first kappa shape index (κ1) is 14.5. The van der Waals surface area contributed by atoms with Crippen LogP contribution in [0.1, 0.15) is 6.92 Å². The lowest BCUT2D eigenvalue weighted by atomic mass is 10.2. The Morgan fingerprint density at radius 2 is 2.42 bits per heavy atom. The van der Waals surface area contributed by atoms with Crippen molar-refractivity contribution in [1.82, 2.24) is 15.2 Å². The molecule has 0 bridgehead atoms. The SMILES string of the molecule is CC1CN(CC(=O)Nc2ncc(Cl)cc2Cl)CCN1. The summed E-state index contributed by atoms with van der Waals surface area (Å²) in [5.74, 6) is 0.227. The third-order valence-electron chi connectivity index (χ3n) is 2.89. The van der Waals surface area contributed by atoms with Crippen LogP contribution in [0.25, 0.3) is 0 Å². The Morgan fingerprint density at radius 3 is 3.11 bits per heavy atom.